The van der Waals surface area contributed by atoms with Crippen molar-refractivity contribution in [2.45, 2.75) is 51.5 Å². The second-order valence-electron chi connectivity index (χ2n) is 5.03. The van der Waals surface area contributed by atoms with Gasteiger partial charge in [0, 0.05) is 25.4 Å². The maximum absolute atomic E-state index is 11.8. The van der Waals surface area contributed by atoms with Gasteiger partial charge in [-0.25, -0.2) is 0 Å². The number of amides is 2. The molecule has 0 radical (unpaired) electrons. The summed E-state index contributed by atoms with van der Waals surface area (Å²) in [6, 6.07) is -0.189. The lowest BCUT2D eigenvalue weighted by molar-refractivity contribution is -0.137. The lowest BCUT2D eigenvalue weighted by Gasteiger charge is -2.21. The monoisotopic (exact) mass is 270 g/mol. The fourth-order valence-electron chi connectivity index (χ4n) is 2.11. The maximum Gasteiger partial charge on any atom is 0.303 e. The van der Waals surface area contributed by atoms with Crippen LogP contribution in [0.5, 0.6) is 0 Å². The van der Waals surface area contributed by atoms with Crippen molar-refractivity contribution in [2.24, 2.45) is 0 Å². The van der Waals surface area contributed by atoms with Gasteiger partial charge in [-0.1, -0.05) is 6.42 Å². The molecule has 0 aliphatic carbocycles. The number of nitrogens with one attached hydrogen (secondary N) is 1. The fraction of sp³-hybridized carbons (Fsp3) is 0.769. The van der Waals surface area contributed by atoms with E-state index in [0.29, 0.717) is 19.4 Å². The second kappa shape index (κ2) is 7.76. The van der Waals surface area contributed by atoms with Gasteiger partial charge in [-0.15, -0.1) is 0 Å². The summed E-state index contributed by atoms with van der Waals surface area (Å²) < 4.78 is 0. The highest BCUT2D eigenvalue weighted by molar-refractivity contribution is 5.85. The summed E-state index contributed by atoms with van der Waals surface area (Å²) in [5, 5.41) is 11.3. The fourth-order valence-corrected chi connectivity index (χ4v) is 2.11. The zero-order valence-electron chi connectivity index (χ0n) is 11.4. The molecular formula is C13H22N2O4. The Labute approximate surface area is 113 Å². The van der Waals surface area contributed by atoms with Crippen molar-refractivity contribution in [2.75, 3.05) is 13.1 Å². The Kier molecular flexibility index (Phi) is 6.32. The largest absolute Gasteiger partial charge is 0.481 e. The van der Waals surface area contributed by atoms with Crippen LogP contribution in [0.25, 0.3) is 0 Å². The van der Waals surface area contributed by atoms with Crippen molar-refractivity contribution in [1.82, 2.24) is 10.2 Å². The number of carboxylic acid groups (broad SMARTS) is 1. The topological polar surface area (TPSA) is 86.7 Å². The van der Waals surface area contributed by atoms with E-state index in [0.717, 1.165) is 19.3 Å². The zero-order chi connectivity index (χ0) is 14.3. The van der Waals surface area contributed by atoms with Crippen LogP contribution in [0.4, 0.5) is 0 Å². The van der Waals surface area contributed by atoms with Gasteiger partial charge < -0.3 is 15.3 Å². The Morgan fingerprint density at radius 1 is 1.37 bits per heavy atom. The molecule has 1 heterocycles. The third-order valence-corrected chi connectivity index (χ3v) is 3.20. The van der Waals surface area contributed by atoms with Gasteiger partial charge in [0.1, 0.15) is 0 Å². The minimum atomic E-state index is -0.871. The third-order valence-electron chi connectivity index (χ3n) is 3.20. The summed E-state index contributed by atoms with van der Waals surface area (Å²) >= 11 is 0. The van der Waals surface area contributed by atoms with Crippen LogP contribution in [0.2, 0.25) is 0 Å². The molecule has 1 saturated heterocycles. The Bertz CT molecular complexity index is 344. The van der Waals surface area contributed by atoms with Crippen molar-refractivity contribution >= 4 is 17.8 Å². The molecular weight excluding hydrogens is 248 g/mol. The molecule has 2 N–H and O–H groups in total. The van der Waals surface area contributed by atoms with Gasteiger partial charge >= 0.3 is 5.97 Å². The molecule has 1 aliphatic rings. The van der Waals surface area contributed by atoms with Crippen LogP contribution in [-0.2, 0) is 14.4 Å². The molecule has 6 nitrogen and oxygen atoms in total. The van der Waals surface area contributed by atoms with Gasteiger partial charge in [0.25, 0.3) is 0 Å². The van der Waals surface area contributed by atoms with Crippen LogP contribution >= 0.6 is 0 Å². The average molecular weight is 270 g/mol. The second-order valence-corrected chi connectivity index (χ2v) is 5.03. The molecule has 1 rings (SSSR count). The van der Waals surface area contributed by atoms with Crippen molar-refractivity contribution in [1.29, 1.82) is 0 Å². The van der Waals surface area contributed by atoms with E-state index in [1.165, 1.54) is 0 Å². The van der Waals surface area contributed by atoms with Crippen LogP contribution in [0, 0.1) is 0 Å². The van der Waals surface area contributed by atoms with Gasteiger partial charge in [0.15, 0.2) is 0 Å². The Balaban J connectivity index is 2.32. The van der Waals surface area contributed by atoms with E-state index in [4.69, 9.17) is 5.11 Å². The van der Waals surface area contributed by atoms with Crippen molar-refractivity contribution in [3.63, 3.8) is 0 Å². The SMILES string of the molecule is CC(CCC(=O)O)NC(=O)CN1CCCCCC1=O. The lowest BCUT2D eigenvalue weighted by atomic mass is 10.2. The van der Waals surface area contributed by atoms with Gasteiger partial charge in [-0.3, -0.25) is 14.4 Å². The highest BCUT2D eigenvalue weighted by atomic mass is 16.4. The minimum absolute atomic E-state index is 0.0318. The number of carboxylic acids is 1. The molecule has 1 unspecified atom stereocenters. The number of hydrogen-bond donors (Lipinski definition) is 2. The molecule has 1 atom stereocenters. The Hall–Kier alpha value is -1.59. The van der Waals surface area contributed by atoms with Gasteiger partial charge in [0.05, 0.1) is 6.54 Å². The molecule has 0 spiro atoms. The Morgan fingerprint density at radius 3 is 2.79 bits per heavy atom. The Morgan fingerprint density at radius 2 is 2.11 bits per heavy atom. The smallest absolute Gasteiger partial charge is 0.303 e. The number of carbonyl (C=O) groups excluding carboxylic acids is 2. The average Bonchev–Trinajstić information content (AvgIpc) is 2.52. The predicted octanol–water partition coefficient (Wildman–Crippen LogP) is 0.758. The van der Waals surface area contributed by atoms with Crippen LogP contribution < -0.4 is 5.32 Å². The predicted molar refractivity (Wildman–Crippen MR) is 69.5 cm³/mol. The summed E-state index contributed by atoms with van der Waals surface area (Å²) in [7, 11) is 0. The van der Waals surface area contributed by atoms with E-state index >= 15 is 0 Å². The number of carbonyl (C=O) groups is 3. The molecule has 0 saturated carbocycles. The van der Waals surface area contributed by atoms with E-state index in [9.17, 15) is 14.4 Å². The first-order valence-electron chi connectivity index (χ1n) is 6.78. The molecule has 0 aromatic heterocycles. The van der Waals surface area contributed by atoms with Crippen molar-refractivity contribution in [3.8, 4) is 0 Å². The first kappa shape index (κ1) is 15.5. The number of nitrogens with zero attached hydrogens (tertiary/aromatic N) is 1. The summed E-state index contributed by atoms with van der Waals surface area (Å²) in [6.07, 6.45) is 3.80. The van der Waals surface area contributed by atoms with Gasteiger partial charge in [-0.05, 0) is 26.2 Å². The standard InChI is InChI=1S/C13H22N2O4/c1-10(6-7-13(18)19)14-11(16)9-15-8-4-2-3-5-12(15)17/h10H,2-9H2,1H3,(H,14,16)(H,18,19). The third kappa shape index (κ3) is 6.22. The minimum Gasteiger partial charge on any atom is -0.481 e. The molecule has 19 heavy (non-hydrogen) atoms. The number of likely N-dealkylation sites (tertiary alicyclic amines) is 1. The van der Waals surface area contributed by atoms with Crippen LogP contribution in [0.3, 0.4) is 0 Å². The van der Waals surface area contributed by atoms with Gasteiger partial charge in [0.2, 0.25) is 11.8 Å². The summed E-state index contributed by atoms with van der Waals surface area (Å²) in [6.45, 7) is 2.48. The maximum atomic E-state index is 11.8. The lowest BCUT2D eigenvalue weighted by Crippen LogP contribution is -2.43. The summed E-state index contributed by atoms with van der Waals surface area (Å²) in [5.74, 6) is -1.05. The van der Waals surface area contributed by atoms with Crippen LogP contribution in [-0.4, -0.2) is 46.9 Å². The van der Waals surface area contributed by atoms with E-state index in [1.54, 1.807) is 11.8 Å². The molecule has 108 valence electrons. The van der Waals surface area contributed by atoms with Crippen LogP contribution in [0.15, 0.2) is 0 Å². The van der Waals surface area contributed by atoms with E-state index < -0.39 is 5.97 Å². The molecule has 0 aromatic rings. The zero-order valence-corrected chi connectivity index (χ0v) is 11.4. The number of hydrogen-bond acceptors (Lipinski definition) is 3. The first-order valence-corrected chi connectivity index (χ1v) is 6.78. The number of aliphatic carboxylic acids is 1. The van der Waals surface area contributed by atoms with E-state index in [-0.39, 0.29) is 30.8 Å². The molecule has 0 aromatic carbocycles. The highest BCUT2D eigenvalue weighted by Crippen LogP contribution is 2.10. The molecule has 1 aliphatic heterocycles. The number of rotatable bonds is 6. The van der Waals surface area contributed by atoms with Crippen LogP contribution in [0.1, 0.15) is 45.4 Å². The molecule has 0 bridgehead atoms. The normalized spacial score (nSPS) is 17.7. The van der Waals surface area contributed by atoms with Crippen molar-refractivity contribution < 1.29 is 19.5 Å². The van der Waals surface area contributed by atoms with Gasteiger partial charge in [-0.2, -0.15) is 0 Å². The highest BCUT2D eigenvalue weighted by Gasteiger charge is 2.19. The molecule has 1 fully saturated rings. The van der Waals surface area contributed by atoms with E-state index in [2.05, 4.69) is 5.32 Å². The molecule has 2 amide bonds. The molecule has 6 heteroatoms. The first-order chi connectivity index (χ1) is 8.99. The summed E-state index contributed by atoms with van der Waals surface area (Å²) in [4.78, 5) is 35.5. The van der Waals surface area contributed by atoms with E-state index in [1.807, 2.05) is 0 Å². The summed E-state index contributed by atoms with van der Waals surface area (Å²) in [5.41, 5.74) is 0. The quantitative estimate of drug-likeness (QED) is 0.746. The van der Waals surface area contributed by atoms with Crippen molar-refractivity contribution in [3.05, 3.63) is 0 Å².